The fourth-order valence-corrected chi connectivity index (χ4v) is 1.28. The molecule has 58 valence electrons. The van der Waals surface area contributed by atoms with Gasteiger partial charge in [-0.1, -0.05) is 18.6 Å². The average Bonchev–Trinajstić information content (AvgIpc) is 2.02. The van der Waals surface area contributed by atoms with E-state index in [9.17, 15) is 0 Å². The Hall–Kier alpha value is -0.300. The number of hydrogen-bond acceptors (Lipinski definition) is 1. The minimum Gasteiger partial charge on any atom is -0.303 e. The summed E-state index contributed by atoms with van der Waals surface area (Å²) in [6.07, 6.45) is 10.0. The molecular formula is C9H17N. The molecule has 1 rings (SSSR count). The van der Waals surface area contributed by atoms with E-state index in [1.807, 2.05) is 0 Å². The first-order valence-corrected chi connectivity index (χ1v) is 4.23. The minimum atomic E-state index is 1.14. The van der Waals surface area contributed by atoms with Gasteiger partial charge >= 0.3 is 0 Å². The third-order valence-electron chi connectivity index (χ3n) is 1.99. The van der Waals surface area contributed by atoms with E-state index in [1.165, 1.54) is 32.2 Å². The van der Waals surface area contributed by atoms with Crippen molar-refractivity contribution in [2.75, 3.05) is 20.1 Å². The summed E-state index contributed by atoms with van der Waals surface area (Å²) < 4.78 is 0. The van der Waals surface area contributed by atoms with E-state index >= 15 is 0 Å². The highest BCUT2D eigenvalue weighted by Gasteiger charge is 1.96. The maximum Gasteiger partial charge on any atom is 0.0160 e. The second kappa shape index (κ2) is 4.51. The van der Waals surface area contributed by atoms with Gasteiger partial charge in [0.15, 0.2) is 0 Å². The number of nitrogens with zero attached hydrogens (tertiary/aromatic N) is 1. The Kier molecular flexibility index (Phi) is 3.52. The maximum absolute atomic E-state index is 2.38. The molecule has 0 aromatic heterocycles. The lowest BCUT2D eigenvalue weighted by Gasteiger charge is -2.12. The van der Waals surface area contributed by atoms with Crippen LogP contribution in [0.15, 0.2) is 12.2 Å². The van der Waals surface area contributed by atoms with Gasteiger partial charge in [-0.2, -0.15) is 0 Å². The van der Waals surface area contributed by atoms with Crippen LogP contribution in [0.4, 0.5) is 0 Å². The zero-order valence-corrected chi connectivity index (χ0v) is 6.84. The standard InChI is InChI=1S/C9H17N/c1-10-8-6-4-2-3-5-7-9-10/h4,6H,2-3,5,7-9H2,1H3/b6-4-. The molecule has 0 saturated heterocycles. The molecule has 0 radical (unpaired) electrons. The smallest absolute Gasteiger partial charge is 0.0160 e. The normalized spacial score (nSPS) is 26.5. The molecule has 0 N–H and O–H groups in total. The summed E-state index contributed by atoms with van der Waals surface area (Å²) in [4.78, 5) is 2.38. The van der Waals surface area contributed by atoms with Crippen LogP contribution in [-0.4, -0.2) is 25.0 Å². The topological polar surface area (TPSA) is 3.24 Å². The van der Waals surface area contributed by atoms with Gasteiger partial charge in [0.05, 0.1) is 0 Å². The second-order valence-electron chi connectivity index (χ2n) is 3.08. The van der Waals surface area contributed by atoms with Crippen molar-refractivity contribution in [3.8, 4) is 0 Å². The van der Waals surface area contributed by atoms with Gasteiger partial charge in [-0.15, -0.1) is 0 Å². The highest BCUT2D eigenvalue weighted by atomic mass is 15.1. The van der Waals surface area contributed by atoms with E-state index in [1.54, 1.807) is 0 Å². The van der Waals surface area contributed by atoms with Crippen LogP contribution in [0.2, 0.25) is 0 Å². The first-order valence-electron chi connectivity index (χ1n) is 4.23. The lowest BCUT2D eigenvalue weighted by Crippen LogP contribution is -2.18. The van der Waals surface area contributed by atoms with Crippen LogP contribution in [0.1, 0.15) is 25.7 Å². The fourth-order valence-electron chi connectivity index (χ4n) is 1.28. The van der Waals surface area contributed by atoms with Crippen LogP contribution in [-0.2, 0) is 0 Å². The predicted octanol–water partition coefficient (Wildman–Crippen LogP) is 2.05. The van der Waals surface area contributed by atoms with Gasteiger partial charge in [-0.25, -0.2) is 0 Å². The van der Waals surface area contributed by atoms with Crippen LogP contribution in [0.25, 0.3) is 0 Å². The molecule has 0 aromatic rings. The first kappa shape index (κ1) is 7.80. The molecule has 0 atom stereocenters. The Bertz CT molecular complexity index is 107. The lowest BCUT2D eigenvalue weighted by atomic mass is 10.2. The van der Waals surface area contributed by atoms with Gasteiger partial charge in [0, 0.05) is 6.54 Å². The van der Waals surface area contributed by atoms with Crippen molar-refractivity contribution in [3.05, 3.63) is 12.2 Å². The van der Waals surface area contributed by atoms with E-state index in [4.69, 9.17) is 0 Å². The lowest BCUT2D eigenvalue weighted by molar-refractivity contribution is 0.360. The molecule has 1 heterocycles. The molecule has 0 unspecified atom stereocenters. The third-order valence-corrected chi connectivity index (χ3v) is 1.99. The zero-order valence-electron chi connectivity index (χ0n) is 6.84. The Morgan fingerprint density at radius 1 is 1.10 bits per heavy atom. The average molecular weight is 139 g/mol. The number of likely N-dealkylation sites (N-methyl/N-ethyl adjacent to an activating group) is 1. The molecule has 0 fully saturated rings. The molecule has 1 aliphatic rings. The Labute approximate surface area is 63.7 Å². The van der Waals surface area contributed by atoms with Crippen molar-refractivity contribution in [1.29, 1.82) is 0 Å². The summed E-state index contributed by atoms with van der Waals surface area (Å²) >= 11 is 0. The van der Waals surface area contributed by atoms with Gasteiger partial charge in [-0.3, -0.25) is 0 Å². The largest absolute Gasteiger partial charge is 0.303 e. The molecule has 0 amide bonds. The summed E-state index contributed by atoms with van der Waals surface area (Å²) in [6.45, 7) is 2.41. The summed E-state index contributed by atoms with van der Waals surface area (Å²) in [6, 6.07) is 0. The van der Waals surface area contributed by atoms with Gasteiger partial charge in [0.2, 0.25) is 0 Å². The summed E-state index contributed by atoms with van der Waals surface area (Å²) in [5.41, 5.74) is 0. The van der Waals surface area contributed by atoms with Crippen molar-refractivity contribution < 1.29 is 0 Å². The minimum absolute atomic E-state index is 1.14. The monoisotopic (exact) mass is 139 g/mol. The fraction of sp³-hybridized carbons (Fsp3) is 0.778. The van der Waals surface area contributed by atoms with Crippen molar-refractivity contribution in [2.45, 2.75) is 25.7 Å². The molecule has 1 heteroatoms. The van der Waals surface area contributed by atoms with Gasteiger partial charge in [-0.05, 0) is 32.9 Å². The molecule has 0 saturated carbocycles. The zero-order chi connectivity index (χ0) is 7.23. The van der Waals surface area contributed by atoms with Crippen molar-refractivity contribution in [2.24, 2.45) is 0 Å². The Morgan fingerprint density at radius 3 is 2.90 bits per heavy atom. The van der Waals surface area contributed by atoms with E-state index in [2.05, 4.69) is 24.1 Å². The maximum atomic E-state index is 2.38. The number of allylic oxidation sites excluding steroid dienone is 1. The van der Waals surface area contributed by atoms with E-state index < -0.39 is 0 Å². The highest BCUT2D eigenvalue weighted by Crippen LogP contribution is 2.04. The predicted molar refractivity (Wildman–Crippen MR) is 45.1 cm³/mol. The van der Waals surface area contributed by atoms with Crippen molar-refractivity contribution >= 4 is 0 Å². The van der Waals surface area contributed by atoms with Crippen molar-refractivity contribution in [3.63, 3.8) is 0 Å². The van der Waals surface area contributed by atoms with Crippen LogP contribution in [0.5, 0.6) is 0 Å². The third kappa shape index (κ3) is 3.02. The van der Waals surface area contributed by atoms with Gasteiger partial charge < -0.3 is 4.90 Å². The van der Waals surface area contributed by atoms with Crippen molar-refractivity contribution in [1.82, 2.24) is 4.90 Å². The molecule has 0 aromatic carbocycles. The molecule has 0 aliphatic carbocycles. The highest BCUT2D eigenvalue weighted by molar-refractivity contribution is 4.85. The van der Waals surface area contributed by atoms with Crippen LogP contribution < -0.4 is 0 Å². The quantitative estimate of drug-likeness (QED) is 0.464. The number of hydrogen-bond donors (Lipinski definition) is 0. The van der Waals surface area contributed by atoms with Gasteiger partial charge in [0.1, 0.15) is 0 Å². The Balaban J connectivity index is 2.26. The van der Waals surface area contributed by atoms with Gasteiger partial charge in [0.25, 0.3) is 0 Å². The Morgan fingerprint density at radius 2 is 2.00 bits per heavy atom. The SMILES string of the molecule is CN1C/C=C\CCCCC1. The van der Waals surface area contributed by atoms with Crippen LogP contribution in [0, 0.1) is 0 Å². The second-order valence-corrected chi connectivity index (χ2v) is 3.08. The molecule has 0 spiro atoms. The van der Waals surface area contributed by atoms with Crippen LogP contribution in [0.3, 0.4) is 0 Å². The summed E-state index contributed by atoms with van der Waals surface area (Å²) in [7, 11) is 2.19. The molecule has 10 heavy (non-hydrogen) atoms. The van der Waals surface area contributed by atoms with E-state index in [-0.39, 0.29) is 0 Å². The number of rotatable bonds is 0. The van der Waals surface area contributed by atoms with Crippen LogP contribution >= 0.6 is 0 Å². The first-order chi connectivity index (χ1) is 4.89. The summed E-state index contributed by atoms with van der Waals surface area (Å²) in [5.74, 6) is 0. The molecule has 0 bridgehead atoms. The molecule has 1 nitrogen and oxygen atoms in total. The molecule has 1 aliphatic heterocycles. The molecular weight excluding hydrogens is 122 g/mol. The van der Waals surface area contributed by atoms with E-state index in [0.29, 0.717) is 0 Å². The summed E-state index contributed by atoms with van der Waals surface area (Å²) in [5, 5.41) is 0. The van der Waals surface area contributed by atoms with E-state index in [0.717, 1.165) is 6.54 Å².